The zero-order valence-electron chi connectivity index (χ0n) is 8.29. The lowest BCUT2D eigenvalue weighted by Crippen LogP contribution is -2.52. The van der Waals surface area contributed by atoms with Crippen LogP contribution in [0.25, 0.3) is 0 Å². The summed E-state index contributed by atoms with van der Waals surface area (Å²) in [4.78, 5) is 0. The van der Waals surface area contributed by atoms with Gasteiger partial charge in [-0.15, -0.1) is 0 Å². The molecule has 0 aromatic rings. The van der Waals surface area contributed by atoms with Gasteiger partial charge in [-0.05, 0) is 0 Å². The highest BCUT2D eigenvalue weighted by Gasteiger charge is 2.46. The molecule has 88 valence electrons. The van der Waals surface area contributed by atoms with Crippen LogP contribution in [0.4, 0.5) is 0 Å². The number of nitrogens with zero attached hydrogens (tertiary/aromatic N) is 1. The fraction of sp³-hybridized carbons (Fsp3) is 1.00. The van der Waals surface area contributed by atoms with Gasteiger partial charge in [-0.25, -0.2) is 16.8 Å². The maximum absolute atomic E-state index is 11.4. The number of hydrogen-bond donors (Lipinski definition) is 0. The molecule has 0 saturated carbocycles. The quantitative estimate of drug-likeness (QED) is 0.566. The van der Waals surface area contributed by atoms with E-state index in [0.717, 1.165) is 6.26 Å². The predicted octanol–water partition coefficient (Wildman–Crippen LogP) is -1.56. The van der Waals surface area contributed by atoms with Crippen molar-refractivity contribution >= 4 is 19.9 Å². The molecule has 0 N–H and O–H groups in total. The number of sulfone groups is 1. The van der Waals surface area contributed by atoms with Gasteiger partial charge in [-0.1, -0.05) is 0 Å². The highest BCUT2D eigenvalue weighted by atomic mass is 32.2. The molecular formula is C7H13NO5S2. The highest BCUT2D eigenvalue weighted by Crippen LogP contribution is 2.26. The van der Waals surface area contributed by atoms with Gasteiger partial charge in [0.2, 0.25) is 10.0 Å². The highest BCUT2D eigenvalue weighted by molar-refractivity contribution is 7.92. The molecule has 0 spiro atoms. The second-order valence-electron chi connectivity index (χ2n) is 3.93. The van der Waals surface area contributed by atoms with Gasteiger partial charge in [0, 0.05) is 6.54 Å². The van der Waals surface area contributed by atoms with Crippen LogP contribution in [0.5, 0.6) is 0 Å². The van der Waals surface area contributed by atoms with Gasteiger partial charge >= 0.3 is 0 Å². The lowest BCUT2D eigenvalue weighted by atomic mass is 10.2. The molecule has 0 amide bonds. The predicted molar refractivity (Wildman–Crippen MR) is 53.7 cm³/mol. The third kappa shape index (κ3) is 2.17. The van der Waals surface area contributed by atoms with Crippen molar-refractivity contribution in [1.82, 2.24) is 4.31 Å². The van der Waals surface area contributed by atoms with Crippen molar-refractivity contribution in [3.63, 3.8) is 0 Å². The molecule has 2 aliphatic heterocycles. The molecule has 0 aliphatic carbocycles. The Balaban J connectivity index is 2.31. The van der Waals surface area contributed by atoms with Crippen molar-refractivity contribution in [3.8, 4) is 0 Å². The van der Waals surface area contributed by atoms with Gasteiger partial charge in [0.1, 0.15) is 0 Å². The summed E-state index contributed by atoms with van der Waals surface area (Å²) in [6, 6.07) is -0.529. The second kappa shape index (κ2) is 3.41. The molecule has 2 aliphatic rings. The van der Waals surface area contributed by atoms with Crippen LogP contribution in [-0.4, -0.2) is 64.2 Å². The van der Waals surface area contributed by atoms with Gasteiger partial charge in [-0.3, -0.25) is 0 Å². The fourth-order valence-corrected chi connectivity index (χ4v) is 5.17. The topological polar surface area (TPSA) is 80.8 Å². The molecule has 8 heteroatoms. The summed E-state index contributed by atoms with van der Waals surface area (Å²) in [6.07, 6.45) is 0.610. The minimum absolute atomic E-state index is 0.0658. The standard InChI is InChI=1S/C7H13NO5S2/c1-14(9,10)8-2-3-13-7-5-15(11,12)4-6(7)8/h6-7H,2-5H2,1H3. The third-order valence-corrected chi connectivity index (χ3v) is 5.70. The van der Waals surface area contributed by atoms with E-state index < -0.39 is 32.0 Å². The zero-order chi connectivity index (χ0) is 11.3. The lowest BCUT2D eigenvalue weighted by Gasteiger charge is -2.34. The zero-order valence-corrected chi connectivity index (χ0v) is 9.92. The smallest absolute Gasteiger partial charge is 0.211 e. The first-order valence-corrected chi connectivity index (χ1v) is 8.25. The second-order valence-corrected chi connectivity index (χ2v) is 8.02. The molecule has 2 atom stereocenters. The molecule has 2 fully saturated rings. The summed E-state index contributed by atoms with van der Waals surface area (Å²) in [5.41, 5.74) is 0. The van der Waals surface area contributed by atoms with Crippen LogP contribution in [-0.2, 0) is 24.6 Å². The molecular weight excluding hydrogens is 242 g/mol. The summed E-state index contributed by atoms with van der Waals surface area (Å²) in [7, 11) is -6.49. The molecule has 2 rings (SSSR count). The average molecular weight is 255 g/mol. The van der Waals surface area contributed by atoms with Gasteiger partial charge in [0.25, 0.3) is 0 Å². The molecule has 0 aromatic carbocycles. The van der Waals surface area contributed by atoms with Crippen molar-refractivity contribution in [1.29, 1.82) is 0 Å². The van der Waals surface area contributed by atoms with Crippen LogP contribution < -0.4 is 0 Å². The Bertz CT molecular complexity index is 454. The van der Waals surface area contributed by atoms with Crippen molar-refractivity contribution in [3.05, 3.63) is 0 Å². The number of hydrogen-bond acceptors (Lipinski definition) is 5. The van der Waals surface area contributed by atoms with Crippen LogP contribution >= 0.6 is 0 Å². The lowest BCUT2D eigenvalue weighted by molar-refractivity contribution is -0.0139. The summed E-state index contributed by atoms with van der Waals surface area (Å²) in [6.45, 7) is 0.513. The maximum Gasteiger partial charge on any atom is 0.211 e. The molecule has 6 nitrogen and oxygen atoms in total. The summed E-state index contributed by atoms with van der Waals surface area (Å²) in [5.74, 6) is -0.186. The molecule has 15 heavy (non-hydrogen) atoms. The van der Waals surface area contributed by atoms with Gasteiger partial charge in [0.15, 0.2) is 9.84 Å². The Morgan fingerprint density at radius 2 is 2.00 bits per heavy atom. The molecule has 2 unspecified atom stereocenters. The van der Waals surface area contributed by atoms with E-state index in [1.165, 1.54) is 4.31 Å². The first-order chi connectivity index (χ1) is 6.80. The summed E-state index contributed by atoms with van der Waals surface area (Å²) in [5, 5.41) is 0. The maximum atomic E-state index is 11.4. The van der Waals surface area contributed by atoms with E-state index in [1.54, 1.807) is 0 Å². The first-order valence-electron chi connectivity index (χ1n) is 4.58. The minimum atomic E-state index is -3.34. The first kappa shape index (κ1) is 11.3. The van der Waals surface area contributed by atoms with Crippen LogP contribution in [0, 0.1) is 0 Å². The van der Waals surface area contributed by atoms with Crippen LogP contribution in [0.2, 0.25) is 0 Å². The number of fused-ring (bicyclic) bond motifs is 1. The Kier molecular flexibility index (Phi) is 2.57. The van der Waals surface area contributed by atoms with E-state index in [0.29, 0.717) is 0 Å². The minimum Gasteiger partial charge on any atom is -0.374 e. The number of morpholine rings is 1. The Labute approximate surface area is 89.2 Å². The molecule has 0 radical (unpaired) electrons. The van der Waals surface area contributed by atoms with E-state index in [-0.39, 0.29) is 24.7 Å². The van der Waals surface area contributed by atoms with Crippen LogP contribution in [0.1, 0.15) is 0 Å². The largest absolute Gasteiger partial charge is 0.374 e. The van der Waals surface area contributed by atoms with Crippen molar-refractivity contribution < 1.29 is 21.6 Å². The van der Waals surface area contributed by atoms with E-state index in [9.17, 15) is 16.8 Å². The number of ether oxygens (including phenoxy) is 1. The van der Waals surface area contributed by atoms with E-state index >= 15 is 0 Å². The average Bonchev–Trinajstić information content (AvgIpc) is 2.35. The molecule has 2 saturated heterocycles. The van der Waals surface area contributed by atoms with Gasteiger partial charge < -0.3 is 4.74 Å². The Morgan fingerprint density at radius 3 is 2.60 bits per heavy atom. The summed E-state index contributed by atoms with van der Waals surface area (Å²) >= 11 is 0. The Hall–Kier alpha value is -0.180. The van der Waals surface area contributed by atoms with Crippen LogP contribution in [0.15, 0.2) is 0 Å². The van der Waals surface area contributed by atoms with Crippen molar-refractivity contribution in [2.24, 2.45) is 0 Å². The molecule has 0 aromatic heterocycles. The van der Waals surface area contributed by atoms with E-state index in [1.807, 2.05) is 0 Å². The SMILES string of the molecule is CS(=O)(=O)N1CCOC2CS(=O)(=O)CC21. The molecule has 2 heterocycles. The van der Waals surface area contributed by atoms with E-state index in [4.69, 9.17) is 4.74 Å². The van der Waals surface area contributed by atoms with Crippen LogP contribution in [0.3, 0.4) is 0 Å². The van der Waals surface area contributed by atoms with Gasteiger partial charge in [-0.2, -0.15) is 4.31 Å². The third-order valence-electron chi connectivity index (χ3n) is 2.71. The van der Waals surface area contributed by atoms with Crippen molar-refractivity contribution in [2.75, 3.05) is 30.9 Å². The van der Waals surface area contributed by atoms with Crippen molar-refractivity contribution in [2.45, 2.75) is 12.1 Å². The fourth-order valence-electron chi connectivity index (χ4n) is 2.10. The summed E-state index contributed by atoms with van der Waals surface area (Å²) < 4.78 is 52.1. The van der Waals surface area contributed by atoms with E-state index in [2.05, 4.69) is 0 Å². The monoisotopic (exact) mass is 255 g/mol. The Morgan fingerprint density at radius 1 is 1.33 bits per heavy atom. The molecule has 0 bridgehead atoms. The van der Waals surface area contributed by atoms with Gasteiger partial charge in [0.05, 0.1) is 36.5 Å². The number of rotatable bonds is 1. The normalized spacial score (nSPS) is 36.3. The number of sulfonamides is 1.